The van der Waals surface area contributed by atoms with Gasteiger partial charge in [-0.05, 0) is 94.2 Å². The molecular weight excluding hydrogens is 577 g/mol. The number of fused-ring (bicyclic) bond motifs is 1. The monoisotopic (exact) mass is 601 g/mol. The molecule has 0 saturated carbocycles. The first-order chi connectivity index (χ1) is 15.5. The summed E-state index contributed by atoms with van der Waals surface area (Å²) in [6.07, 6.45) is 0. The lowest BCUT2D eigenvalue weighted by Gasteiger charge is -2.17. The van der Waals surface area contributed by atoms with Gasteiger partial charge in [-0.25, -0.2) is 0 Å². The molecule has 4 aromatic rings. The highest BCUT2D eigenvalue weighted by Crippen LogP contribution is 2.36. The lowest BCUT2D eigenvalue weighted by molar-refractivity contribution is 0.268. The summed E-state index contributed by atoms with van der Waals surface area (Å²) in [6.45, 7) is 5.89. The van der Waals surface area contributed by atoms with E-state index in [0.717, 1.165) is 36.4 Å². The van der Waals surface area contributed by atoms with E-state index in [1.807, 2.05) is 6.92 Å². The van der Waals surface area contributed by atoms with Crippen molar-refractivity contribution in [2.75, 3.05) is 11.9 Å². The fraction of sp³-hybridized carbons (Fsp3) is 0.185. The largest absolute Gasteiger partial charge is 0.490 e. The van der Waals surface area contributed by atoms with Gasteiger partial charge in [-0.15, -0.1) is 0 Å². The van der Waals surface area contributed by atoms with E-state index in [9.17, 15) is 0 Å². The predicted octanol–water partition coefficient (Wildman–Crippen LogP) is 8.11. The normalized spacial score (nSPS) is 10.9. The summed E-state index contributed by atoms with van der Waals surface area (Å²) in [5, 5.41) is 5.97. The summed E-state index contributed by atoms with van der Waals surface area (Å²) < 4.78 is 14.4. The molecule has 0 aliphatic heterocycles. The number of anilines is 1. The van der Waals surface area contributed by atoms with Gasteiger partial charge < -0.3 is 14.8 Å². The van der Waals surface area contributed by atoms with Crippen molar-refractivity contribution >= 4 is 55.0 Å². The van der Waals surface area contributed by atoms with E-state index >= 15 is 0 Å². The van der Waals surface area contributed by atoms with E-state index in [4.69, 9.17) is 9.47 Å². The molecule has 0 aliphatic carbocycles. The summed E-state index contributed by atoms with van der Waals surface area (Å²) in [7, 11) is 0. The van der Waals surface area contributed by atoms with Gasteiger partial charge in [0.15, 0.2) is 11.5 Å². The van der Waals surface area contributed by atoms with Crippen LogP contribution in [0.4, 0.5) is 5.69 Å². The van der Waals surface area contributed by atoms with Crippen LogP contribution in [0.3, 0.4) is 0 Å². The van der Waals surface area contributed by atoms with Crippen molar-refractivity contribution in [3.8, 4) is 11.5 Å². The van der Waals surface area contributed by atoms with Gasteiger partial charge in [0.05, 0.1) is 10.2 Å². The predicted molar refractivity (Wildman–Crippen MR) is 145 cm³/mol. The van der Waals surface area contributed by atoms with Crippen molar-refractivity contribution in [1.29, 1.82) is 0 Å². The second-order valence-corrected chi connectivity index (χ2v) is 9.66. The molecule has 0 aliphatic rings. The molecule has 0 atom stereocenters. The smallest absolute Gasteiger partial charge is 0.174 e. The number of hydrogen-bond acceptors (Lipinski definition) is 3. The number of aryl methyl sites for hydroxylation is 1. The lowest BCUT2D eigenvalue weighted by atomic mass is 10.1. The standard InChI is InChI=1S/C27H25BrINO2/c1-3-31-26-15-19(16-30-25-12-11-22(28)13-18(25)2)14-24(29)27(26)32-17-21-9-6-8-20-7-4-5-10-23(20)21/h4-15,30H,3,16-17H2,1-2H3. The lowest BCUT2D eigenvalue weighted by Crippen LogP contribution is -2.05. The van der Waals surface area contributed by atoms with Crippen LogP contribution in [0.5, 0.6) is 11.5 Å². The average molecular weight is 602 g/mol. The van der Waals surface area contributed by atoms with Crippen LogP contribution in [0.15, 0.2) is 77.3 Å². The van der Waals surface area contributed by atoms with Crippen molar-refractivity contribution in [2.24, 2.45) is 0 Å². The maximum Gasteiger partial charge on any atom is 0.174 e. The molecule has 0 heterocycles. The number of hydrogen-bond donors (Lipinski definition) is 1. The highest BCUT2D eigenvalue weighted by molar-refractivity contribution is 14.1. The Kier molecular flexibility index (Phi) is 7.58. The van der Waals surface area contributed by atoms with Gasteiger partial charge >= 0.3 is 0 Å². The molecule has 1 N–H and O–H groups in total. The first-order valence-corrected chi connectivity index (χ1v) is 12.5. The highest BCUT2D eigenvalue weighted by Gasteiger charge is 2.14. The van der Waals surface area contributed by atoms with E-state index in [1.165, 1.54) is 16.3 Å². The molecule has 0 spiro atoms. The zero-order valence-corrected chi connectivity index (χ0v) is 21.9. The molecule has 0 bridgehead atoms. The minimum atomic E-state index is 0.493. The number of halogens is 2. The van der Waals surface area contributed by atoms with Gasteiger partial charge in [0, 0.05) is 16.7 Å². The van der Waals surface area contributed by atoms with Crippen molar-refractivity contribution < 1.29 is 9.47 Å². The van der Waals surface area contributed by atoms with Crippen LogP contribution in [-0.2, 0) is 13.2 Å². The summed E-state index contributed by atoms with van der Waals surface area (Å²) in [5.74, 6) is 1.58. The Morgan fingerprint density at radius 2 is 1.75 bits per heavy atom. The van der Waals surface area contributed by atoms with Gasteiger partial charge in [0.1, 0.15) is 6.61 Å². The van der Waals surface area contributed by atoms with Crippen LogP contribution in [0, 0.1) is 10.5 Å². The topological polar surface area (TPSA) is 30.5 Å². The van der Waals surface area contributed by atoms with E-state index in [-0.39, 0.29) is 0 Å². The van der Waals surface area contributed by atoms with E-state index in [1.54, 1.807) is 0 Å². The zero-order chi connectivity index (χ0) is 22.5. The van der Waals surface area contributed by atoms with Crippen LogP contribution < -0.4 is 14.8 Å². The summed E-state index contributed by atoms with van der Waals surface area (Å²) in [5.41, 5.74) is 4.64. The second-order valence-electron chi connectivity index (χ2n) is 7.58. The van der Waals surface area contributed by atoms with Crippen molar-refractivity contribution in [3.63, 3.8) is 0 Å². The third kappa shape index (κ3) is 5.38. The zero-order valence-electron chi connectivity index (χ0n) is 18.1. The Morgan fingerprint density at radius 3 is 2.56 bits per heavy atom. The Balaban J connectivity index is 1.54. The first-order valence-electron chi connectivity index (χ1n) is 10.6. The van der Waals surface area contributed by atoms with Gasteiger partial charge in [-0.1, -0.05) is 58.4 Å². The number of nitrogens with one attached hydrogen (secondary N) is 1. The average Bonchev–Trinajstić information content (AvgIpc) is 2.78. The quantitative estimate of drug-likeness (QED) is 0.207. The number of ether oxygens (including phenoxy) is 2. The molecule has 0 radical (unpaired) electrons. The molecule has 0 amide bonds. The molecule has 0 aromatic heterocycles. The molecule has 164 valence electrons. The summed E-state index contributed by atoms with van der Waals surface area (Å²) >= 11 is 5.86. The molecule has 32 heavy (non-hydrogen) atoms. The minimum absolute atomic E-state index is 0.493. The third-order valence-electron chi connectivity index (χ3n) is 5.29. The second kappa shape index (κ2) is 10.6. The van der Waals surface area contributed by atoms with Crippen molar-refractivity contribution in [1.82, 2.24) is 0 Å². The maximum absolute atomic E-state index is 6.31. The van der Waals surface area contributed by atoms with Gasteiger partial charge in [-0.3, -0.25) is 0 Å². The van der Waals surface area contributed by atoms with E-state index < -0.39 is 0 Å². The maximum atomic E-state index is 6.31. The molecule has 3 nitrogen and oxygen atoms in total. The Morgan fingerprint density at radius 1 is 0.938 bits per heavy atom. The van der Waals surface area contributed by atoms with Gasteiger partial charge in [0.2, 0.25) is 0 Å². The summed E-state index contributed by atoms with van der Waals surface area (Å²) in [6, 6.07) is 25.2. The molecule has 4 aromatic carbocycles. The van der Waals surface area contributed by atoms with Gasteiger partial charge in [0.25, 0.3) is 0 Å². The van der Waals surface area contributed by atoms with Gasteiger partial charge in [-0.2, -0.15) is 0 Å². The van der Waals surface area contributed by atoms with E-state index in [0.29, 0.717) is 19.8 Å². The minimum Gasteiger partial charge on any atom is -0.490 e. The van der Waals surface area contributed by atoms with Crippen molar-refractivity contribution in [3.05, 3.63) is 97.5 Å². The fourth-order valence-electron chi connectivity index (χ4n) is 3.72. The summed E-state index contributed by atoms with van der Waals surface area (Å²) in [4.78, 5) is 0. The number of rotatable bonds is 8. The Hall–Kier alpha value is -2.25. The molecule has 0 saturated heterocycles. The van der Waals surface area contributed by atoms with Crippen LogP contribution >= 0.6 is 38.5 Å². The van der Waals surface area contributed by atoms with Crippen LogP contribution in [0.1, 0.15) is 23.6 Å². The molecule has 0 unspecified atom stereocenters. The van der Waals surface area contributed by atoms with Crippen LogP contribution in [0.25, 0.3) is 10.8 Å². The van der Waals surface area contributed by atoms with Crippen molar-refractivity contribution in [2.45, 2.75) is 27.0 Å². The Labute approximate surface area is 211 Å². The number of benzene rings is 4. The third-order valence-corrected chi connectivity index (χ3v) is 6.59. The Bertz CT molecular complexity index is 1240. The first kappa shape index (κ1) is 22.9. The highest BCUT2D eigenvalue weighted by atomic mass is 127. The molecule has 0 fully saturated rings. The fourth-order valence-corrected chi connectivity index (χ4v) is 5.01. The SMILES string of the molecule is CCOc1cc(CNc2ccc(Br)cc2C)cc(I)c1OCc1cccc2ccccc12. The molecule has 4 rings (SSSR count). The van der Waals surface area contributed by atoms with Crippen LogP contribution in [0.2, 0.25) is 0 Å². The molecule has 5 heteroatoms. The van der Waals surface area contributed by atoms with E-state index in [2.05, 4.69) is 124 Å². The van der Waals surface area contributed by atoms with Crippen LogP contribution in [-0.4, -0.2) is 6.61 Å². The molecular formula is C27H25BrINO2.